The van der Waals surface area contributed by atoms with Crippen LogP contribution in [0.5, 0.6) is 5.75 Å². The van der Waals surface area contributed by atoms with Crippen molar-refractivity contribution in [2.75, 3.05) is 11.9 Å². The van der Waals surface area contributed by atoms with E-state index in [0.29, 0.717) is 22.8 Å². The third-order valence-corrected chi connectivity index (χ3v) is 4.38. The Morgan fingerprint density at radius 1 is 1.33 bits per heavy atom. The molecule has 1 amide bonds. The first kappa shape index (κ1) is 16.7. The van der Waals surface area contributed by atoms with Crippen molar-refractivity contribution >= 4 is 38.3 Å². The molecular weight excluding hydrogens is 394 g/mol. The van der Waals surface area contributed by atoms with Gasteiger partial charge in [0.05, 0.1) is 6.61 Å². The minimum absolute atomic E-state index is 0.210. The Morgan fingerprint density at radius 2 is 2.21 bits per heavy atom. The van der Waals surface area contributed by atoms with Gasteiger partial charge in [-0.05, 0) is 52.7 Å². The number of furan rings is 1. The molecule has 0 aliphatic carbocycles. The normalized spacial score (nSPS) is 10.6. The van der Waals surface area contributed by atoms with Crippen LogP contribution in [0.25, 0.3) is 0 Å². The molecular formula is C16H14BrN3O3S. The third-order valence-electron chi connectivity index (χ3n) is 3.06. The summed E-state index contributed by atoms with van der Waals surface area (Å²) >= 11 is 4.47. The van der Waals surface area contributed by atoms with E-state index in [4.69, 9.17) is 9.15 Å². The van der Waals surface area contributed by atoms with Crippen molar-refractivity contribution in [2.45, 2.75) is 13.3 Å². The minimum atomic E-state index is -0.362. The molecule has 6 nitrogen and oxygen atoms in total. The van der Waals surface area contributed by atoms with Gasteiger partial charge in [0.15, 0.2) is 10.4 Å². The van der Waals surface area contributed by atoms with Gasteiger partial charge < -0.3 is 9.15 Å². The summed E-state index contributed by atoms with van der Waals surface area (Å²) in [5.41, 5.74) is 1.15. The number of halogens is 1. The van der Waals surface area contributed by atoms with Gasteiger partial charge in [0.25, 0.3) is 5.91 Å². The zero-order valence-corrected chi connectivity index (χ0v) is 15.2. The average molecular weight is 408 g/mol. The lowest BCUT2D eigenvalue weighted by molar-refractivity contribution is 0.0995. The number of ether oxygens (including phenoxy) is 1. The molecule has 3 rings (SSSR count). The number of benzene rings is 1. The van der Waals surface area contributed by atoms with Crippen LogP contribution >= 0.6 is 27.3 Å². The van der Waals surface area contributed by atoms with Gasteiger partial charge in [-0.15, -0.1) is 10.2 Å². The first-order chi connectivity index (χ1) is 11.6. The molecule has 3 aromatic rings. The fourth-order valence-corrected chi connectivity index (χ4v) is 2.98. The van der Waals surface area contributed by atoms with E-state index < -0.39 is 0 Å². The van der Waals surface area contributed by atoms with E-state index >= 15 is 0 Å². The van der Waals surface area contributed by atoms with Crippen LogP contribution in [0.15, 0.2) is 45.5 Å². The number of rotatable bonds is 6. The van der Waals surface area contributed by atoms with Crippen LogP contribution < -0.4 is 10.1 Å². The number of amides is 1. The molecule has 0 spiro atoms. The van der Waals surface area contributed by atoms with Crippen LogP contribution in [0.3, 0.4) is 0 Å². The van der Waals surface area contributed by atoms with E-state index in [2.05, 4.69) is 31.4 Å². The number of hydrogen-bond acceptors (Lipinski definition) is 6. The van der Waals surface area contributed by atoms with E-state index in [0.717, 1.165) is 16.3 Å². The summed E-state index contributed by atoms with van der Waals surface area (Å²) in [4.78, 5) is 12.0. The molecule has 124 valence electrons. The Morgan fingerprint density at radius 3 is 2.96 bits per heavy atom. The van der Waals surface area contributed by atoms with Crippen molar-refractivity contribution in [3.05, 3.63) is 57.4 Å². The number of nitrogens with zero attached hydrogens (tertiary/aromatic N) is 2. The quantitative estimate of drug-likeness (QED) is 0.665. The van der Waals surface area contributed by atoms with Crippen LogP contribution in [0.1, 0.15) is 21.1 Å². The van der Waals surface area contributed by atoms with Gasteiger partial charge in [0.2, 0.25) is 5.13 Å². The molecule has 0 unspecified atom stereocenters. The predicted octanol–water partition coefficient (Wildman–Crippen LogP) is 4.08. The largest absolute Gasteiger partial charge is 0.493 e. The SMILES string of the molecule is Cc1cccc(OCCc2nnc(NC(=O)c3ccc(Br)o3)s2)c1. The lowest BCUT2D eigenvalue weighted by Crippen LogP contribution is -2.10. The predicted molar refractivity (Wildman–Crippen MR) is 94.6 cm³/mol. The van der Waals surface area contributed by atoms with E-state index in [1.807, 2.05) is 31.2 Å². The molecule has 0 atom stereocenters. The maximum absolute atomic E-state index is 12.0. The smallest absolute Gasteiger partial charge is 0.293 e. The number of anilines is 1. The van der Waals surface area contributed by atoms with Crippen LogP contribution in [0.4, 0.5) is 5.13 Å². The Labute approximate surface area is 151 Å². The molecule has 0 saturated carbocycles. The molecule has 0 fully saturated rings. The fourth-order valence-electron chi connectivity index (χ4n) is 1.96. The van der Waals surface area contributed by atoms with Crippen LogP contribution in [0, 0.1) is 6.92 Å². The Hall–Kier alpha value is -2.19. The van der Waals surface area contributed by atoms with E-state index in [1.54, 1.807) is 12.1 Å². The fraction of sp³-hybridized carbons (Fsp3) is 0.188. The van der Waals surface area contributed by atoms with E-state index in [-0.39, 0.29) is 11.7 Å². The Balaban J connectivity index is 1.51. The molecule has 24 heavy (non-hydrogen) atoms. The summed E-state index contributed by atoms with van der Waals surface area (Å²) in [6.45, 7) is 2.52. The molecule has 0 aliphatic rings. The highest BCUT2D eigenvalue weighted by molar-refractivity contribution is 9.10. The molecule has 0 aliphatic heterocycles. The molecule has 8 heteroatoms. The number of carbonyl (C=O) groups is 1. The van der Waals surface area contributed by atoms with E-state index in [9.17, 15) is 4.79 Å². The summed E-state index contributed by atoms with van der Waals surface area (Å²) in [5.74, 6) is 0.678. The topological polar surface area (TPSA) is 77.3 Å². The van der Waals surface area contributed by atoms with Crippen molar-refractivity contribution in [2.24, 2.45) is 0 Å². The lowest BCUT2D eigenvalue weighted by atomic mass is 10.2. The zero-order valence-electron chi connectivity index (χ0n) is 12.8. The highest BCUT2D eigenvalue weighted by Crippen LogP contribution is 2.19. The molecule has 1 aromatic carbocycles. The number of carbonyl (C=O) groups excluding carboxylic acids is 1. The maximum atomic E-state index is 12.0. The first-order valence-corrected chi connectivity index (χ1v) is 8.79. The van der Waals surface area contributed by atoms with Gasteiger partial charge in [-0.1, -0.05) is 23.5 Å². The highest BCUT2D eigenvalue weighted by Gasteiger charge is 2.13. The maximum Gasteiger partial charge on any atom is 0.293 e. The monoisotopic (exact) mass is 407 g/mol. The van der Waals surface area contributed by atoms with Crippen molar-refractivity contribution in [1.82, 2.24) is 10.2 Å². The minimum Gasteiger partial charge on any atom is -0.493 e. The van der Waals surface area contributed by atoms with Gasteiger partial charge in [-0.3, -0.25) is 10.1 Å². The molecule has 1 N–H and O–H groups in total. The summed E-state index contributed by atoms with van der Waals surface area (Å²) < 4.78 is 11.4. The molecule has 2 heterocycles. The number of hydrogen-bond donors (Lipinski definition) is 1. The molecule has 2 aromatic heterocycles. The number of nitrogens with one attached hydrogen (secondary N) is 1. The van der Waals surface area contributed by atoms with Crippen molar-refractivity contribution in [1.29, 1.82) is 0 Å². The highest BCUT2D eigenvalue weighted by atomic mass is 79.9. The van der Waals surface area contributed by atoms with Crippen molar-refractivity contribution in [3.8, 4) is 5.75 Å². The van der Waals surface area contributed by atoms with Crippen LogP contribution in [0.2, 0.25) is 0 Å². The van der Waals surface area contributed by atoms with Crippen molar-refractivity contribution < 1.29 is 13.9 Å². The molecule has 0 bridgehead atoms. The summed E-state index contributed by atoms with van der Waals surface area (Å²) in [5, 5.41) is 11.9. The van der Waals surface area contributed by atoms with Gasteiger partial charge in [-0.2, -0.15) is 0 Å². The second kappa shape index (κ2) is 7.59. The summed E-state index contributed by atoms with van der Waals surface area (Å²) in [7, 11) is 0. The van der Waals surface area contributed by atoms with Crippen molar-refractivity contribution in [3.63, 3.8) is 0 Å². The summed E-state index contributed by atoms with van der Waals surface area (Å²) in [6, 6.07) is 11.1. The lowest BCUT2D eigenvalue weighted by Gasteiger charge is -2.04. The van der Waals surface area contributed by atoms with E-state index in [1.165, 1.54) is 11.3 Å². The zero-order chi connectivity index (χ0) is 16.9. The standard InChI is InChI=1S/C16H14BrN3O3S/c1-10-3-2-4-11(9-10)22-8-7-14-19-20-16(24-14)18-15(21)12-5-6-13(17)23-12/h2-6,9H,7-8H2,1H3,(H,18,20,21). The molecule has 0 radical (unpaired) electrons. The van der Waals surface area contributed by atoms with Crippen LogP contribution in [-0.2, 0) is 6.42 Å². The number of aromatic nitrogens is 2. The van der Waals surface area contributed by atoms with Gasteiger partial charge in [0.1, 0.15) is 10.8 Å². The Kier molecular flexibility index (Phi) is 5.27. The molecule has 0 saturated heterocycles. The first-order valence-electron chi connectivity index (χ1n) is 7.19. The van der Waals surface area contributed by atoms with Gasteiger partial charge in [0, 0.05) is 6.42 Å². The van der Waals surface area contributed by atoms with Crippen LogP contribution in [-0.4, -0.2) is 22.7 Å². The Bertz CT molecular complexity index is 846. The third kappa shape index (κ3) is 4.42. The average Bonchev–Trinajstić information content (AvgIpc) is 3.17. The number of aryl methyl sites for hydroxylation is 1. The summed E-state index contributed by atoms with van der Waals surface area (Å²) in [6.07, 6.45) is 0.619. The second-order valence-electron chi connectivity index (χ2n) is 4.97. The van der Waals surface area contributed by atoms with Gasteiger partial charge >= 0.3 is 0 Å². The van der Waals surface area contributed by atoms with Gasteiger partial charge in [-0.25, -0.2) is 0 Å². The second-order valence-corrected chi connectivity index (χ2v) is 6.82.